The largest absolute Gasteiger partial charge is 0.481 e. The smallest absolute Gasteiger partial charge is 0.326 e. The molecule has 3 amide bonds. The van der Waals surface area contributed by atoms with Crippen LogP contribution < -0.4 is 27.4 Å². The Morgan fingerprint density at radius 2 is 1.42 bits per heavy atom. The molecule has 1 aromatic carbocycles. The van der Waals surface area contributed by atoms with Crippen LogP contribution >= 0.6 is 0 Å². The molecule has 0 spiro atoms. The number of nitrogens with two attached hydrogens (primary N) is 2. The lowest BCUT2D eigenvalue weighted by Crippen LogP contribution is -2.57. The highest BCUT2D eigenvalue weighted by Crippen LogP contribution is 2.06. The monoisotopic (exact) mass is 465 g/mol. The molecule has 0 aliphatic heterocycles. The fourth-order valence-corrected chi connectivity index (χ4v) is 2.99. The third kappa shape index (κ3) is 10.6. The molecule has 1 aromatic rings. The Morgan fingerprint density at radius 1 is 0.818 bits per heavy atom. The molecule has 182 valence electrons. The summed E-state index contributed by atoms with van der Waals surface area (Å²) in [5, 5.41) is 25.5. The summed E-state index contributed by atoms with van der Waals surface area (Å²) in [6.45, 7) is -0.0179. The number of unbranched alkanes of at least 4 members (excludes halogenated alkanes) is 1. The van der Waals surface area contributed by atoms with Crippen LogP contribution in [0.3, 0.4) is 0 Å². The summed E-state index contributed by atoms with van der Waals surface area (Å²) in [7, 11) is 0. The summed E-state index contributed by atoms with van der Waals surface area (Å²) in [6, 6.07) is 4.76. The molecule has 0 aliphatic rings. The number of carbonyl (C=O) groups excluding carboxylic acids is 3. The molecule has 0 radical (unpaired) electrons. The van der Waals surface area contributed by atoms with Crippen molar-refractivity contribution in [2.45, 2.75) is 50.2 Å². The van der Waals surface area contributed by atoms with Crippen molar-refractivity contribution in [3.63, 3.8) is 0 Å². The van der Waals surface area contributed by atoms with E-state index in [2.05, 4.69) is 16.0 Å². The number of carboxylic acid groups (broad SMARTS) is 2. The van der Waals surface area contributed by atoms with E-state index in [9.17, 15) is 34.2 Å². The predicted octanol–water partition coefficient (Wildman–Crippen LogP) is -1.67. The Morgan fingerprint density at radius 3 is 1.97 bits per heavy atom. The molecule has 9 N–H and O–H groups in total. The Hall–Kier alpha value is -3.51. The molecular weight excluding hydrogens is 434 g/mol. The molecule has 0 fully saturated rings. The number of carbonyl (C=O) groups is 5. The van der Waals surface area contributed by atoms with Gasteiger partial charge in [0.25, 0.3) is 0 Å². The topological polar surface area (TPSA) is 214 Å². The molecular formula is C21H31N5O7. The molecule has 0 aromatic heterocycles. The molecule has 0 aliphatic carbocycles. The lowest BCUT2D eigenvalue weighted by atomic mass is 10.0. The van der Waals surface area contributed by atoms with Crippen LogP contribution in [0.4, 0.5) is 0 Å². The van der Waals surface area contributed by atoms with Gasteiger partial charge in [-0.05, 0) is 31.4 Å². The van der Waals surface area contributed by atoms with E-state index >= 15 is 0 Å². The predicted molar refractivity (Wildman–Crippen MR) is 118 cm³/mol. The number of nitrogens with one attached hydrogen (secondary N) is 3. The zero-order valence-electron chi connectivity index (χ0n) is 18.2. The fraction of sp³-hybridized carbons (Fsp3) is 0.476. The standard InChI is InChI=1S/C21H31N5O7/c22-9-5-4-8-14(21(32)33)25-20(31)16(11-18(28)29)26-19(30)15(24-17(27)12-23)10-13-6-2-1-3-7-13/h1-3,6-7,14-16H,4-5,8-12,22-23H2,(H,24,27)(H,25,31)(H,26,30)(H,28,29)(H,32,33). The van der Waals surface area contributed by atoms with Crippen molar-refractivity contribution < 1.29 is 34.2 Å². The normalized spacial score (nSPS) is 13.3. The maximum absolute atomic E-state index is 12.9. The lowest BCUT2D eigenvalue weighted by molar-refractivity contribution is -0.143. The fourth-order valence-electron chi connectivity index (χ4n) is 2.99. The molecule has 0 saturated carbocycles. The van der Waals surface area contributed by atoms with Crippen LogP contribution in [0.2, 0.25) is 0 Å². The number of carboxylic acids is 2. The van der Waals surface area contributed by atoms with E-state index in [0.717, 1.165) is 0 Å². The van der Waals surface area contributed by atoms with Crippen molar-refractivity contribution in [3.05, 3.63) is 35.9 Å². The summed E-state index contributed by atoms with van der Waals surface area (Å²) in [4.78, 5) is 60.0. The highest BCUT2D eigenvalue weighted by atomic mass is 16.4. The van der Waals surface area contributed by atoms with Crippen molar-refractivity contribution in [3.8, 4) is 0 Å². The quantitative estimate of drug-likeness (QED) is 0.147. The van der Waals surface area contributed by atoms with Crippen LogP contribution in [-0.4, -0.2) is 71.1 Å². The van der Waals surface area contributed by atoms with Crippen LogP contribution in [0, 0.1) is 0 Å². The zero-order valence-corrected chi connectivity index (χ0v) is 18.2. The third-order valence-electron chi connectivity index (χ3n) is 4.69. The van der Waals surface area contributed by atoms with Gasteiger partial charge in [-0.2, -0.15) is 0 Å². The van der Waals surface area contributed by atoms with Crippen LogP contribution in [0.15, 0.2) is 30.3 Å². The van der Waals surface area contributed by atoms with Gasteiger partial charge in [-0.15, -0.1) is 0 Å². The van der Waals surface area contributed by atoms with Gasteiger partial charge in [-0.1, -0.05) is 30.3 Å². The number of hydrogen-bond acceptors (Lipinski definition) is 7. The van der Waals surface area contributed by atoms with Crippen molar-refractivity contribution in [2.24, 2.45) is 11.5 Å². The van der Waals surface area contributed by atoms with E-state index < -0.39 is 54.2 Å². The molecule has 3 unspecified atom stereocenters. The maximum Gasteiger partial charge on any atom is 0.326 e. The van der Waals surface area contributed by atoms with Crippen molar-refractivity contribution >= 4 is 29.7 Å². The number of aliphatic carboxylic acids is 2. The van der Waals surface area contributed by atoms with Crippen LogP contribution in [0.1, 0.15) is 31.2 Å². The molecule has 12 heteroatoms. The first-order valence-corrected chi connectivity index (χ1v) is 10.5. The highest BCUT2D eigenvalue weighted by Gasteiger charge is 2.30. The van der Waals surface area contributed by atoms with Crippen molar-refractivity contribution in [1.29, 1.82) is 0 Å². The van der Waals surface area contributed by atoms with Gasteiger partial charge in [0, 0.05) is 6.42 Å². The summed E-state index contributed by atoms with van der Waals surface area (Å²) in [5.41, 5.74) is 11.4. The van der Waals surface area contributed by atoms with Gasteiger partial charge in [-0.3, -0.25) is 19.2 Å². The van der Waals surface area contributed by atoms with Crippen molar-refractivity contribution in [1.82, 2.24) is 16.0 Å². The molecule has 0 heterocycles. The van der Waals surface area contributed by atoms with Gasteiger partial charge < -0.3 is 37.6 Å². The van der Waals surface area contributed by atoms with Gasteiger partial charge in [0.1, 0.15) is 18.1 Å². The summed E-state index contributed by atoms with van der Waals surface area (Å²) in [6.07, 6.45) is 0.367. The van der Waals surface area contributed by atoms with Crippen molar-refractivity contribution in [2.75, 3.05) is 13.1 Å². The van der Waals surface area contributed by atoms with Crippen LogP contribution in [0.25, 0.3) is 0 Å². The van der Waals surface area contributed by atoms with E-state index in [1.54, 1.807) is 30.3 Å². The average molecular weight is 466 g/mol. The number of benzene rings is 1. The second-order valence-electron chi connectivity index (χ2n) is 7.36. The van der Waals surface area contributed by atoms with E-state index in [-0.39, 0.29) is 19.4 Å². The van der Waals surface area contributed by atoms with Gasteiger partial charge in [0.15, 0.2) is 0 Å². The highest BCUT2D eigenvalue weighted by molar-refractivity contribution is 5.95. The Kier molecular flexibility index (Phi) is 12.1. The Bertz CT molecular complexity index is 818. The summed E-state index contributed by atoms with van der Waals surface area (Å²) in [5.74, 6) is -5.06. The first-order valence-electron chi connectivity index (χ1n) is 10.5. The average Bonchev–Trinajstić information content (AvgIpc) is 2.77. The number of amides is 3. The van der Waals surface area contributed by atoms with E-state index in [1.165, 1.54) is 0 Å². The summed E-state index contributed by atoms with van der Waals surface area (Å²) < 4.78 is 0. The minimum Gasteiger partial charge on any atom is -0.481 e. The first-order chi connectivity index (χ1) is 15.7. The minimum absolute atomic E-state index is 0.0661. The van der Waals surface area contributed by atoms with Crippen LogP contribution in [-0.2, 0) is 30.4 Å². The van der Waals surface area contributed by atoms with Gasteiger partial charge in [-0.25, -0.2) is 4.79 Å². The molecule has 0 saturated heterocycles. The van der Waals surface area contributed by atoms with Gasteiger partial charge >= 0.3 is 11.9 Å². The first kappa shape index (κ1) is 27.5. The third-order valence-corrected chi connectivity index (χ3v) is 4.69. The van der Waals surface area contributed by atoms with Crippen LogP contribution in [0.5, 0.6) is 0 Å². The minimum atomic E-state index is -1.56. The number of rotatable bonds is 15. The number of hydrogen-bond donors (Lipinski definition) is 7. The lowest BCUT2D eigenvalue weighted by Gasteiger charge is -2.24. The molecule has 33 heavy (non-hydrogen) atoms. The van der Waals surface area contributed by atoms with E-state index in [4.69, 9.17) is 11.5 Å². The summed E-state index contributed by atoms with van der Waals surface area (Å²) >= 11 is 0. The second-order valence-corrected chi connectivity index (χ2v) is 7.36. The van der Waals surface area contributed by atoms with E-state index in [1.807, 2.05) is 0 Å². The van der Waals surface area contributed by atoms with E-state index in [0.29, 0.717) is 24.9 Å². The van der Waals surface area contributed by atoms with Gasteiger partial charge in [0.05, 0.1) is 13.0 Å². The Labute approximate surface area is 191 Å². The second kappa shape index (κ2) is 14.5. The molecule has 1 rings (SSSR count). The molecule has 3 atom stereocenters. The zero-order chi connectivity index (χ0) is 24.8. The molecule has 12 nitrogen and oxygen atoms in total. The Balaban J connectivity index is 2.97. The maximum atomic E-state index is 12.9. The van der Waals surface area contributed by atoms with Gasteiger partial charge in [0.2, 0.25) is 17.7 Å². The molecule has 0 bridgehead atoms. The SMILES string of the molecule is NCCCCC(NC(=O)C(CC(=O)O)NC(=O)C(Cc1ccccc1)NC(=O)CN)C(=O)O.